The van der Waals surface area contributed by atoms with Gasteiger partial charge >= 0.3 is 5.69 Å². The highest BCUT2D eigenvalue weighted by Gasteiger charge is 2.18. The number of aromatic amines is 2. The SMILES string of the molecule is Cc1cc2nc3c(=O)[nH]c(=O)[nH]c3nc2cc1OC1CCCC1. The molecule has 0 saturated heterocycles. The van der Waals surface area contributed by atoms with Crippen molar-refractivity contribution < 1.29 is 4.74 Å². The predicted molar refractivity (Wildman–Crippen MR) is 85.9 cm³/mol. The van der Waals surface area contributed by atoms with Gasteiger partial charge in [-0.05, 0) is 44.2 Å². The Morgan fingerprint density at radius 3 is 2.61 bits per heavy atom. The van der Waals surface area contributed by atoms with Crippen LogP contribution in [0.25, 0.3) is 22.2 Å². The average molecular weight is 312 g/mol. The Labute approximate surface area is 130 Å². The zero-order chi connectivity index (χ0) is 16.0. The Hall–Kier alpha value is -2.70. The van der Waals surface area contributed by atoms with Gasteiger partial charge in [-0.1, -0.05) is 0 Å². The van der Waals surface area contributed by atoms with E-state index in [0.29, 0.717) is 11.0 Å². The maximum Gasteiger partial charge on any atom is 0.327 e. The third-order valence-corrected chi connectivity index (χ3v) is 4.23. The standard InChI is InChI=1S/C16H16N4O3/c1-8-6-10-11(7-12(8)23-9-4-2-3-5-9)18-14-13(17-10)15(21)20-16(22)19-14/h6-7,9H,2-5H2,1H3,(H2,18,19,20,21,22). The molecule has 0 spiro atoms. The molecule has 1 aliphatic carbocycles. The average Bonchev–Trinajstić information content (AvgIpc) is 3.00. The van der Waals surface area contributed by atoms with Gasteiger partial charge in [0.2, 0.25) is 0 Å². The summed E-state index contributed by atoms with van der Waals surface area (Å²) < 4.78 is 6.07. The van der Waals surface area contributed by atoms with Crippen molar-refractivity contribution >= 4 is 22.2 Å². The Kier molecular flexibility index (Phi) is 3.14. The number of benzene rings is 1. The lowest BCUT2D eigenvalue weighted by Crippen LogP contribution is -2.23. The highest BCUT2D eigenvalue weighted by atomic mass is 16.5. The summed E-state index contributed by atoms with van der Waals surface area (Å²) in [5.41, 5.74) is 1.33. The van der Waals surface area contributed by atoms with Crippen LogP contribution in [0.5, 0.6) is 5.75 Å². The number of rotatable bonds is 2. The fourth-order valence-electron chi connectivity index (χ4n) is 3.05. The lowest BCUT2D eigenvalue weighted by molar-refractivity contribution is 0.209. The Balaban J connectivity index is 1.88. The quantitative estimate of drug-likeness (QED) is 0.703. The zero-order valence-electron chi connectivity index (χ0n) is 12.7. The number of aromatic nitrogens is 4. The van der Waals surface area contributed by atoms with E-state index in [1.165, 1.54) is 12.8 Å². The molecule has 3 aromatic rings. The van der Waals surface area contributed by atoms with Gasteiger partial charge in [0, 0.05) is 6.07 Å². The van der Waals surface area contributed by atoms with Gasteiger partial charge in [-0.15, -0.1) is 0 Å². The van der Waals surface area contributed by atoms with Gasteiger partial charge in [-0.3, -0.25) is 14.8 Å². The first-order valence-electron chi connectivity index (χ1n) is 7.71. The molecule has 2 aromatic heterocycles. The molecule has 2 N–H and O–H groups in total. The van der Waals surface area contributed by atoms with Gasteiger partial charge in [-0.25, -0.2) is 14.8 Å². The molecular formula is C16H16N4O3. The number of ether oxygens (including phenoxy) is 1. The summed E-state index contributed by atoms with van der Waals surface area (Å²) in [5.74, 6) is 0.783. The molecule has 0 radical (unpaired) electrons. The summed E-state index contributed by atoms with van der Waals surface area (Å²) >= 11 is 0. The van der Waals surface area contributed by atoms with Crippen LogP contribution >= 0.6 is 0 Å². The Morgan fingerprint density at radius 1 is 1.09 bits per heavy atom. The highest BCUT2D eigenvalue weighted by Crippen LogP contribution is 2.29. The predicted octanol–water partition coefficient (Wildman–Crippen LogP) is 1.79. The van der Waals surface area contributed by atoms with E-state index in [0.717, 1.165) is 24.2 Å². The van der Waals surface area contributed by atoms with Crippen molar-refractivity contribution in [1.29, 1.82) is 0 Å². The first kappa shape index (κ1) is 13.9. The van der Waals surface area contributed by atoms with E-state index in [1.807, 2.05) is 19.1 Å². The van der Waals surface area contributed by atoms with Crippen LogP contribution in [-0.4, -0.2) is 26.0 Å². The summed E-state index contributed by atoms with van der Waals surface area (Å²) in [6.45, 7) is 1.95. The Bertz CT molecular complexity index is 1020. The minimum Gasteiger partial charge on any atom is -0.490 e. The highest BCUT2D eigenvalue weighted by molar-refractivity contribution is 5.85. The van der Waals surface area contributed by atoms with Crippen LogP contribution in [0.4, 0.5) is 0 Å². The summed E-state index contributed by atoms with van der Waals surface area (Å²) in [5, 5.41) is 0. The molecule has 0 bridgehead atoms. The van der Waals surface area contributed by atoms with Gasteiger partial charge in [0.25, 0.3) is 5.56 Å². The van der Waals surface area contributed by atoms with Crippen molar-refractivity contribution in [2.24, 2.45) is 0 Å². The first-order chi connectivity index (χ1) is 11.1. The molecule has 1 fully saturated rings. The van der Waals surface area contributed by atoms with E-state index in [-0.39, 0.29) is 17.3 Å². The molecule has 7 heteroatoms. The van der Waals surface area contributed by atoms with Crippen LogP contribution in [0.15, 0.2) is 21.7 Å². The van der Waals surface area contributed by atoms with Crippen molar-refractivity contribution in [1.82, 2.24) is 19.9 Å². The van der Waals surface area contributed by atoms with Crippen LogP contribution in [0, 0.1) is 6.92 Å². The largest absolute Gasteiger partial charge is 0.490 e. The number of H-pyrrole nitrogens is 2. The lowest BCUT2D eigenvalue weighted by Gasteiger charge is -2.15. The van der Waals surface area contributed by atoms with Gasteiger partial charge in [0.15, 0.2) is 11.2 Å². The van der Waals surface area contributed by atoms with Gasteiger partial charge < -0.3 is 4.74 Å². The summed E-state index contributed by atoms with van der Waals surface area (Å²) in [4.78, 5) is 36.6. The number of fused-ring (bicyclic) bond motifs is 2. The van der Waals surface area contributed by atoms with Gasteiger partial charge in [0.05, 0.1) is 17.1 Å². The molecule has 0 atom stereocenters. The van der Waals surface area contributed by atoms with Gasteiger partial charge in [-0.2, -0.15) is 0 Å². The molecule has 1 aliphatic rings. The molecule has 0 unspecified atom stereocenters. The van der Waals surface area contributed by atoms with Crippen molar-refractivity contribution in [3.05, 3.63) is 38.5 Å². The number of hydrogen-bond donors (Lipinski definition) is 2. The van der Waals surface area contributed by atoms with E-state index in [2.05, 4.69) is 19.9 Å². The van der Waals surface area contributed by atoms with Crippen LogP contribution < -0.4 is 16.0 Å². The maximum absolute atomic E-state index is 11.8. The van der Waals surface area contributed by atoms with Gasteiger partial charge in [0.1, 0.15) is 5.75 Å². The van der Waals surface area contributed by atoms with E-state index < -0.39 is 11.2 Å². The number of hydrogen-bond acceptors (Lipinski definition) is 5. The van der Waals surface area contributed by atoms with Crippen LogP contribution in [0.2, 0.25) is 0 Å². The Morgan fingerprint density at radius 2 is 1.83 bits per heavy atom. The number of nitrogens with one attached hydrogen (secondary N) is 2. The molecule has 2 heterocycles. The summed E-state index contributed by atoms with van der Waals surface area (Å²) in [6, 6.07) is 3.69. The zero-order valence-corrected chi connectivity index (χ0v) is 12.7. The molecule has 1 aromatic carbocycles. The molecule has 118 valence electrons. The van der Waals surface area contributed by atoms with Crippen molar-refractivity contribution in [3.63, 3.8) is 0 Å². The topological polar surface area (TPSA) is 101 Å². The van der Waals surface area contributed by atoms with Crippen molar-refractivity contribution in [2.45, 2.75) is 38.7 Å². The first-order valence-corrected chi connectivity index (χ1v) is 7.71. The third kappa shape index (κ3) is 2.48. The smallest absolute Gasteiger partial charge is 0.327 e. The lowest BCUT2D eigenvalue weighted by atomic mass is 10.2. The second-order valence-electron chi connectivity index (χ2n) is 5.96. The summed E-state index contributed by atoms with van der Waals surface area (Å²) in [7, 11) is 0. The van der Waals surface area contributed by atoms with E-state index in [1.54, 1.807) is 0 Å². The number of nitrogens with zero attached hydrogens (tertiary/aromatic N) is 2. The van der Waals surface area contributed by atoms with E-state index in [4.69, 9.17) is 4.74 Å². The molecule has 0 aliphatic heterocycles. The molecule has 0 amide bonds. The van der Waals surface area contributed by atoms with E-state index >= 15 is 0 Å². The minimum absolute atomic E-state index is 0.126. The fourth-order valence-corrected chi connectivity index (χ4v) is 3.05. The van der Waals surface area contributed by atoms with E-state index in [9.17, 15) is 9.59 Å². The fraction of sp³-hybridized carbons (Fsp3) is 0.375. The molecule has 1 saturated carbocycles. The van der Waals surface area contributed by atoms with Crippen LogP contribution in [0.1, 0.15) is 31.2 Å². The second kappa shape index (κ2) is 5.19. The third-order valence-electron chi connectivity index (χ3n) is 4.23. The molecular weight excluding hydrogens is 296 g/mol. The molecule has 4 rings (SSSR count). The summed E-state index contributed by atoms with van der Waals surface area (Å²) in [6.07, 6.45) is 4.80. The second-order valence-corrected chi connectivity index (χ2v) is 5.96. The van der Waals surface area contributed by atoms with Crippen LogP contribution in [-0.2, 0) is 0 Å². The van der Waals surface area contributed by atoms with Crippen molar-refractivity contribution in [2.75, 3.05) is 0 Å². The van der Waals surface area contributed by atoms with Crippen molar-refractivity contribution in [3.8, 4) is 5.75 Å². The minimum atomic E-state index is -0.592. The van der Waals surface area contributed by atoms with Crippen LogP contribution in [0.3, 0.4) is 0 Å². The molecule has 23 heavy (non-hydrogen) atoms. The maximum atomic E-state index is 11.8. The normalized spacial score (nSPS) is 15.5. The number of aryl methyl sites for hydroxylation is 1. The molecule has 7 nitrogen and oxygen atoms in total. The monoisotopic (exact) mass is 312 g/mol.